The van der Waals surface area contributed by atoms with E-state index in [9.17, 15) is 9.59 Å². The smallest absolute Gasteiger partial charge is 0.324 e. The Morgan fingerprint density at radius 2 is 1.29 bits per heavy atom. The van der Waals surface area contributed by atoms with Gasteiger partial charge in [-0.05, 0) is 47.1 Å². The number of carbonyl (C=O) groups is 2. The van der Waals surface area contributed by atoms with Gasteiger partial charge in [-0.15, -0.1) is 0 Å². The topological polar surface area (TPSA) is 52.6 Å². The molecule has 0 spiro atoms. The van der Waals surface area contributed by atoms with Crippen molar-refractivity contribution in [1.82, 2.24) is 0 Å². The number of fused-ring (bicyclic) bond motifs is 1. The molecule has 2 aromatic carbocycles. The number of hydrogen-bond acceptors (Lipinski definition) is 4. The van der Waals surface area contributed by atoms with Crippen LogP contribution in [0.1, 0.15) is 51.2 Å². The maximum atomic E-state index is 13.6. The van der Waals surface area contributed by atoms with Crippen molar-refractivity contribution in [2.75, 3.05) is 0 Å². The third-order valence-electron chi connectivity index (χ3n) is 7.68. The second-order valence-corrected chi connectivity index (χ2v) is 9.78. The fourth-order valence-electron chi connectivity index (χ4n) is 5.98. The number of ether oxygens (including phenoxy) is 2. The second-order valence-electron chi connectivity index (χ2n) is 9.78. The lowest BCUT2D eigenvalue weighted by atomic mass is 9.35. The molecule has 164 valence electrons. The van der Waals surface area contributed by atoms with Gasteiger partial charge in [0.2, 0.25) is 0 Å². The molecule has 2 saturated carbocycles. The van der Waals surface area contributed by atoms with Crippen LogP contribution in [0.2, 0.25) is 0 Å². The minimum atomic E-state index is -1.25. The first kappa shape index (κ1) is 21.6. The summed E-state index contributed by atoms with van der Waals surface area (Å²) < 4.78 is 11.6. The molecular formula is C27H32O4. The van der Waals surface area contributed by atoms with Gasteiger partial charge in [0.25, 0.3) is 0 Å². The number of hydrogen-bond donors (Lipinski definition) is 0. The number of carbonyl (C=O) groups excluding carboxylic acids is 2. The molecule has 4 rings (SSSR count). The molecule has 0 N–H and O–H groups in total. The summed E-state index contributed by atoms with van der Waals surface area (Å²) in [6.07, 6.45) is 3.03. The van der Waals surface area contributed by atoms with Gasteiger partial charge in [-0.25, -0.2) is 0 Å². The Bertz CT molecular complexity index is 863. The highest BCUT2D eigenvalue weighted by atomic mass is 16.6. The molecule has 2 fully saturated rings. The third-order valence-corrected chi connectivity index (χ3v) is 7.68. The predicted molar refractivity (Wildman–Crippen MR) is 119 cm³/mol. The predicted octanol–water partition coefficient (Wildman–Crippen LogP) is 5.55. The van der Waals surface area contributed by atoms with Gasteiger partial charge in [0.15, 0.2) is 5.41 Å². The number of esters is 2. The van der Waals surface area contributed by atoms with E-state index in [4.69, 9.17) is 9.47 Å². The lowest BCUT2D eigenvalue weighted by Crippen LogP contribution is -2.71. The highest BCUT2D eigenvalue weighted by Crippen LogP contribution is 2.70. The Hall–Kier alpha value is -2.62. The summed E-state index contributed by atoms with van der Waals surface area (Å²) in [7, 11) is 0. The van der Waals surface area contributed by atoms with Gasteiger partial charge in [0.05, 0.1) is 0 Å². The molecule has 0 unspecified atom stereocenters. The molecule has 2 aromatic rings. The van der Waals surface area contributed by atoms with E-state index < -0.39 is 22.8 Å². The van der Waals surface area contributed by atoms with Crippen LogP contribution >= 0.6 is 0 Å². The lowest BCUT2D eigenvalue weighted by Gasteiger charge is -2.65. The second kappa shape index (κ2) is 8.49. The average molecular weight is 421 g/mol. The molecule has 3 atom stereocenters. The minimum absolute atomic E-state index is 0.0298. The van der Waals surface area contributed by atoms with Crippen molar-refractivity contribution in [2.45, 2.75) is 53.2 Å². The van der Waals surface area contributed by atoms with Crippen molar-refractivity contribution in [2.24, 2.45) is 28.6 Å². The fourth-order valence-corrected chi connectivity index (χ4v) is 5.98. The summed E-state index contributed by atoms with van der Waals surface area (Å²) in [4.78, 5) is 27.3. The van der Waals surface area contributed by atoms with Crippen LogP contribution in [0.4, 0.5) is 0 Å². The minimum Gasteiger partial charge on any atom is -0.460 e. The van der Waals surface area contributed by atoms with Gasteiger partial charge < -0.3 is 9.47 Å². The van der Waals surface area contributed by atoms with Crippen molar-refractivity contribution >= 4 is 11.9 Å². The van der Waals surface area contributed by atoms with Crippen LogP contribution in [0.15, 0.2) is 60.7 Å². The van der Waals surface area contributed by atoms with E-state index >= 15 is 0 Å². The van der Waals surface area contributed by atoms with Crippen LogP contribution in [0.3, 0.4) is 0 Å². The van der Waals surface area contributed by atoms with Gasteiger partial charge >= 0.3 is 11.9 Å². The molecule has 0 radical (unpaired) electrons. The molecule has 0 saturated heterocycles. The molecule has 0 amide bonds. The van der Waals surface area contributed by atoms with Gasteiger partial charge in [-0.3, -0.25) is 9.59 Å². The van der Waals surface area contributed by atoms with Gasteiger partial charge in [-0.1, -0.05) is 87.9 Å². The van der Waals surface area contributed by atoms with Gasteiger partial charge in [0, 0.05) is 0 Å². The molecular weight excluding hydrogens is 388 g/mol. The van der Waals surface area contributed by atoms with E-state index in [2.05, 4.69) is 6.92 Å². The Balaban J connectivity index is 1.60. The van der Waals surface area contributed by atoms with Gasteiger partial charge in [0.1, 0.15) is 13.2 Å². The van der Waals surface area contributed by atoms with Crippen LogP contribution in [0.5, 0.6) is 0 Å². The number of benzene rings is 2. The van der Waals surface area contributed by atoms with Crippen LogP contribution < -0.4 is 0 Å². The van der Waals surface area contributed by atoms with Gasteiger partial charge in [-0.2, -0.15) is 0 Å². The first-order valence-electron chi connectivity index (χ1n) is 11.3. The maximum absolute atomic E-state index is 13.6. The molecule has 4 heteroatoms. The Kier molecular flexibility index (Phi) is 5.92. The summed E-state index contributed by atoms with van der Waals surface area (Å²) in [6, 6.07) is 19.2. The van der Waals surface area contributed by atoms with Crippen LogP contribution in [-0.2, 0) is 32.3 Å². The van der Waals surface area contributed by atoms with Crippen LogP contribution in [0, 0.1) is 28.6 Å². The Morgan fingerprint density at radius 1 is 0.806 bits per heavy atom. The fraction of sp³-hybridized carbons (Fsp3) is 0.481. The van der Waals surface area contributed by atoms with E-state index in [0.29, 0.717) is 11.8 Å². The number of rotatable bonds is 6. The van der Waals surface area contributed by atoms with Crippen molar-refractivity contribution < 1.29 is 19.1 Å². The third kappa shape index (κ3) is 3.66. The van der Waals surface area contributed by atoms with Crippen LogP contribution in [-0.4, -0.2) is 11.9 Å². The van der Waals surface area contributed by atoms with E-state index in [1.165, 1.54) is 0 Å². The Morgan fingerprint density at radius 3 is 1.77 bits per heavy atom. The summed E-state index contributed by atoms with van der Waals surface area (Å²) in [5.74, 6) is -0.0832. The molecule has 31 heavy (non-hydrogen) atoms. The first-order chi connectivity index (χ1) is 14.9. The Labute approximate surface area is 185 Å². The van der Waals surface area contributed by atoms with Crippen LogP contribution in [0.25, 0.3) is 0 Å². The molecule has 2 aliphatic carbocycles. The van der Waals surface area contributed by atoms with E-state index in [0.717, 1.165) is 30.4 Å². The molecule has 4 nitrogen and oxygen atoms in total. The van der Waals surface area contributed by atoms with E-state index in [-0.39, 0.29) is 19.1 Å². The highest BCUT2D eigenvalue weighted by Gasteiger charge is 2.76. The van der Waals surface area contributed by atoms with Crippen molar-refractivity contribution in [3.05, 3.63) is 71.8 Å². The normalized spacial score (nSPS) is 25.6. The lowest BCUT2D eigenvalue weighted by molar-refractivity contribution is -0.242. The van der Waals surface area contributed by atoms with Crippen molar-refractivity contribution in [3.63, 3.8) is 0 Å². The zero-order chi connectivity index (χ0) is 22.1. The first-order valence-corrected chi connectivity index (χ1v) is 11.3. The quantitative estimate of drug-likeness (QED) is 0.454. The molecule has 0 bridgehead atoms. The molecule has 2 aliphatic rings. The van der Waals surface area contributed by atoms with E-state index in [1.54, 1.807) is 0 Å². The summed E-state index contributed by atoms with van der Waals surface area (Å²) in [5, 5.41) is 0. The van der Waals surface area contributed by atoms with Crippen molar-refractivity contribution in [3.8, 4) is 0 Å². The molecule has 0 aliphatic heterocycles. The monoisotopic (exact) mass is 420 g/mol. The van der Waals surface area contributed by atoms with E-state index in [1.807, 2.05) is 74.5 Å². The SMILES string of the molecule is C[C@H]1CC[C@H]2[C@H](C1)C(C(=O)OCc1ccccc1)(C(=O)OCc1ccccc1)C2(C)C. The highest BCUT2D eigenvalue weighted by molar-refractivity contribution is 6.03. The molecule has 0 heterocycles. The summed E-state index contributed by atoms with van der Waals surface area (Å²) in [6.45, 7) is 6.61. The largest absolute Gasteiger partial charge is 0.460 e. The molecule has 0 aromatic heterocycles. The zero-order valence-corrected chi connectivity index (χ0v) is 18.7. The average Bonchev–Trinajstić information content (AvgIpc) is 2.77. The standard InChI is InChI=1S/C27H32O4/c1-19-14-15-22-23(16-19)27(26(22,2)3,24(28)30-17-20-10-6-4-7-11-20)25(29)31-18-21-12-8-5-9-13-21/h4-13,19,22-23H,14-18H2,1-3H3/t19-,22-,23-/m0/s1. The maximum Gasteiger partial charge on any atom is 0.324 e. The summed E-state index contributed by atoms with van der Waals surface area (Å²) in [5.41, 5.74) is 0.0682. The summed E-state index contributed by atoms with van der Waals surface area (Å²) >= 11 is 0. The van der Waals surface area contributed by atoms with Crippen molar-refractivity contribution in [1.29, 1.82) is 0 Å². The zero-order valence-electron chi connectivity index (χ0n) is 18.7.